The Kier molecular flexibility index (Phi) is 6.32. The first kappa shape index (κ1) is 23.0. The minimum absolute atomic E-state index is 0.217. The van der Waals surface area contributed by atoms with E-state index >= 15 is 0 Å². The van der Waals surface area contributed by atoms with Gasteiger partial charge in [0.05, 0.1) is 17.6 Å². The Hall–Kier alpha value is -4.19. The van der Waals surface area contributed by atoms with E-state index in [1.54, 1.807) is 60.4 Å². The summed E-state index contributed by atoms with van der Waals surface area (Å²) < 4.78 is 40.9. The number of tetrazole rings is 1. The fourth-order valence-electron chi connectivity index (χ4n) is 3.34. The summed E-state index contributed by atoms with van der Waals surface area (Å²) in [7, 11) is -0.489. The van der Waals surface area contributed by atoms with E-state index in [9.17, 15) is 17.6 Å². The molecule has 0 aliphatic rings. The Bertz CT molecular complexity index is 1460. The number of sulfone groups is 1. The van der Waals surface area contributed by atoms with Gasteiger partial charge in [-0.25, -0.2) is 17.5 Å². The molecular formula is C22H20FN7O3S. The lowest BCUT2D eigenvalue weighted by atomic mass is 10.1. The maximum atomic E-state index is 13.2. The van der Waals surface area contributed by atoms with Gasteiger partial charge in [0.15, 0.2) is 0 Å². The van der Waals surface area contributed by atoms with Gasteiger partial charge in [0, 0.05) is 37.0 Å². The third-order valence-corrected chi connectivity index (χ3v) is 6.55. The molecule has 174 valence electrons. The van der Waals surface area contributed by atoms with Gasteiger partial charge in [0.1, 0.15) is 5.82 Å². The molecule has 0 unspecified atom stereocenters. The minimum Gasteiger partial charge on any atom is -0.323 e. The van der Waals surface area contributed by atoms with E-state index in [-0.39, 0.29) is 22.6 Å². The summed E-state index contributed by atoms with van der Waals surface area (Å²) in [5, 5.41) is 17.2. The summed E-state index contributed by atoms with van der Waals surface area (Å²) >= 11 is 0. The van der Waals surface area contributed by atoms with E-state index in [4.69, 9.17) is 0 Å². The van der Waals surface area contributed by atoms with Crippen LogP contribution in [-0.2, 0) is 34.5 Å². The van der Waals surface area contributed by atoms with Crippen molar-refractivity contribution in [2.75, 3.05) is 5.32 Å². The zero-order chi connectivity index (χ0) is 24.3. The second kappa shape index (κ2) is 9.35. The third-order valence-electron chi connectivity index (χ3n) is 4.94. The van der Waals surface area contributed by atoms with E-state index in [0.717, 1.165) is 15.9 Å². The molecule has 2 aromatic heterocycles. The summed E-state index contributed by atoms with van der Waals surface area (Å²) in [5.74, 6) is -0.987. The first-order valence-corrected chi connectivity index (χ1v) is 11.7. The van der Waals surface area contributed by atoms with Gasteiger partial charge in [0.25, 0.3) is 5.16 Å². The average Bonchev–Trinajstić information content (AvgIpc) is 3.40. The number of hydrogen-bond acceptors (Lipinski definition) is 7. The lowest BCUT2D eigenvalue weighted by Gasteiger charge is -2.06. The molecule has 0 atom stereocenters. The van der Waals surface area contributed by atoms with Crippen molar-refractivity contribution in [1.29, 1.82) is 0 Å². The highest BCUT2D eigenvalue weighted by Crippen LogP contribution is 2.24. The van der Waals surface area contributed by atoms with Crippen molar-refractivity contribution in [2.24, 2.45) is 14.1 Å². The Balaban J connectivity index is 1.42. The molecule has 2 heterocycles. The number of nitrogens with zero attached hydrogens (tertiary/aromatic N) is 6. The van der Waals surface area contributed by atoms with E-state index in [2.05, 4.69) is 25.9 Å². The highest BCUT2D eigenvalue weighted by molar-refractivity contribution is 7.90. The van der Waals surface area contributed by atoms with Crippen LogP contribution < -0.4 is 5.32 Å². The Labute approximate surface area is 194 Å². The van der Waals surface area contributed by atoms with E-state index < -0.39 is 9.84 Å². The summed E-state index contributed by atoms with van der Waals surface area (Å²) in [5.41, 5.74) is 3.23. The van der Waals surface area contributed by atoms with Crippen molar-refractivity contribution in [3.63, 3.8) is 0 Å². The number of aromatic nitrogens is 6. The van der Waals surface area contributed by atoms with Crippen LogP contribution >= 0.6 is 0 Å². The Morgan fingerprint density at radius 1 is 1.06 bits per heavy atom. The van der Waals surface area contributed by atoms with Crippen molar-refractivity contribution >= 4 is 27.5 Å². The summed E-state index contributed by atoms with van der Waals surface area (Å²) in [6.45, 7) is 0. The molecule has 0 bridgehead atoms. The van der Waals surface area contributed by atoms with Crippen LogP contribution in [-0.4, -0.2) is 44.3 Å². The maximum absolute atomic E-state index is 13.2. The Morgan fingerprint density at radius 3 is 2.41 bits per heavy atom. The van der Waals surface area contributed by atoms with Gasteiger partial charge in [-0.2, -0.15) is 5.10 Å². The van der Waals surface area contributed by atoms with Crippen molar-refractivity contribution in [2.45, 2.75) is 10.9 Å². The summed E-state index contributed by atoms with van der Waals surface area (Å²) in [6.07, 6.45) is 4.60. The number of hydrogen-bond donors (Lipinski definition) is 1. The topological polar surface area (TPSA) is 125 Å². The third kappa shape index (κ3) is 5.07. The standard InChI is InChI=1S/C22H20FN7O3S/c1-29-21(16-5-8-18(23)9-6-16)17(13-24-29)7-12-20(31)25-19-10-3-15(4-11-19)14-34(32,33)22-26-27-28-30(22)2/h3-13H,14H2,1-2H3,(H,25,31)/b12-7+. The molecule has 0 fully saturated rings. The fraction of sp³-hybridized carbons (Fsp3) is 0.136. The molecule has 4 rings (SSSR count). The normalized spacial score (nSPS) is 11.7. The van der Waals surface area contributed by atoms with Crippen molar-refractivity contribution < 1.29 is 17.6 Å². The smallest absolute Gasteiger partial charge is 0.267 e. The van der Waals surface area contributed by atoms with Crippen LogP contribution in [0, 0.1) is 5.82 Å². The predicted octanol–water partition coefficient (Wildman–Crippen LogP) is 2.38. The lowest BCUT2D eigenvalue weighted by molar-refractivity contribution is -0.111. The number of benzene rings is 2. The van der Waals surface area contributed by atoms with Crippen LogP contribution in [0.2, 0.25) is 0 Å². The largest absolute Gasteiger partial charge is 0.323 e. The predicted molar refractivity (Wildman–Crippen MR) is 122 cm³/mol. The summed E-state index contributed by atoms with van der Waals surface area (Å²) in [4.78, 5) is 12.4. The number of halogens is 1. The van der Waals surface area contributed by atoms with Gasteiger partial charge in [-0.05, 0) is 58.5 Å². The van der Waals surface area contributed by atoms with E-state index in [1.165, 1.54) is 25.3 Å². The zero-order valence-corrected chi connectivity index (χ0v) is 19.1. The van der Waals surface area contributed by atoms with Gasteiger partial charge >= 0.3 is 0 Å². The monoisotopic (exact) mass is 481 g/mol. The number of nitrogens with one attached hydrogen (secondary N) is 1. The molecule has 0 aliphatic carbocycles. The fourth-order valence-corrected chi connectivity index (χ4v) is 4.70. The second-order valence-corrected chi connectivity index (χ2v) is 9.33. The average molecular weight is 482 g/mol. The van der Waals surface area contributed by atoms with Gasteiger partial charge in [-0.1, -0.05) is 17.2 Å². The molecule has 0 aliphatic heterocycles. The molecule has 0 saturated carbocycles. The van der Waals surface area contributed by atoms with Crippen molar-refractivity contribution in [1.82, 2.24) is 30.0 Å². The van der Waals surface area contributed by atoms with Gasteiger partial charge < -0.3 is 5.32 Å². The van der Waals surface area contributed by atoms with Crippen LogP contribution in [0.15, 0.2) is 66.0 Å². The molecule has 12 heteroatoms. The molecule has 10 nitrogen and oxygen atoms in total. The molecule has 0 saturated heterocycles. The van der Waals surface area contributed by atoms with Crippen molar-refractivity contribution in [3.8, 4) is 11.3 Å². The van der Waals surface area contributed by atoms with Gasteiger partial charge in [-0.3, -0.25) is 9.48 Å². The number of carbonyl (C=O) groups excluding carboxylic acids is 1. The van der Waals surface area contributed by atoms with Gasteiger partial charge in [0.2, 0.25) is 15.7 Å². The minimum atomic E-state index is -3.70. The summed E-state index contributed by atoms with van der Waals surface area (Å²) in [6, 6.07) is 12.4. The van der Waals surface area contributed by atoms with Crippen LogP contribution in [0.5, 0.6) is 0 Å². The second-order valence-electron chi connectivity index (χ2n) is 7.44. The molecule has 1 N–H and O–H groups in total. The Morgan fingerprint density at radius 2 is 1.76 bits per heavy atom. The molecular weight excluding hydrogens is 461 g/mol. The number of carbonyl (C=O) groups is 1. The van der Waals surface area contributed by atoms with Crippen LogP contribution in [0.3, 0.4) is 0 Å². The van der Waals surface area contributed by atoms with Crippen LogP contribution in [0.25, 0.3) is 17.3 Å². The van der Waals surface area contributed by atoms with Crippen LogP contribution in [0.4, 0.5) is 10.1 Å². The zero-order valence-electron chi connectivity index (χ0n) is 18.3. The number of amides is 1. The number of anilines is 1. The first-order chi connectivity index (χ1) is 16.2. The van der Waals surface area contributed by atoms with E-state index in [1.807, 2.05) is 0 Å². The van der Waals surface area contributed by atoms with Crippen LogP contribution in [0.1, 0.15) is 11.1 Å². The molecule has 34 heavy (non-hydrogen) atoms. The number of aryl methyl sites for hydroxylation is 2. The molecule has 1 amide bonds. The van der Waals surface area contributed by atoms with Crippen molar-refractivity contribution in [3.05, 3.63) is 77.7 Å². The molecule has 2 aromatic carbocycles. The highest BCUT2D eigenvalue weighted by Gasteiger charge is 2.22. The van der Waals surface area contributed by atoms with Gasteiger partial charge in [-0.15, -0.1) is 0 Å². The molecule has 0 radical (unpaired) electrons. The maximum Gasteiger partial charge on any atom is 0.267 e. The quantitative estimate of drug-likeness (QED) is 0.402. The van der Waals surface area contributed by atoms with E-state index in [0.29, 0.717) is 16.8 Å². The molecule has 4 aromatic rings. The SMILES string of the molecule is Cn1nnnc1S(=O)(=O)Cc1ccc(NC(=O)/C=C/c2cnn(C)c2-c2ccc(F)cc2)cc1. The molecule has 0 spiro atoms. The number of rotatable bonds is 7. The highest BCUT2D eigenvalue weighted by atomic mass is 32.2. The first-order valence-electron chi connectivity index (χ1n) is 10.0. The lowest BCUT2D eigenvalue weighted by Crippen LogP contribution is -2.12.